The molecule has 0 radical (unpaired) electrons. The van der Waals surface area contributed by atoms with E-state index in [0.717, 1.165) is 23.3 Å². The monoisotopic (exact) mass is 169 g/mol. The molecule has 0 atom stereocenters. The summed E-state index contributed by atoms with van der Waals surface area (Å²) in [6, 6.07) is 3.69. The summed E-state index contributed by atoms with van der Waals surface area (Å²) in [4.78, 5) is 0. The van der Waals surface area contributed by atoms with E-state index < -0.39 is 0 Å². The maximum atomic E-state index is 10.6. The van der Waals surface area contributed by atoms with Gasteiger partial charge in [-0.2, -0.15) is 17.4 Å². The SMILES string of the molecule is [O-][n+]1ccc(CCCS)cc1. The van der Waals surface area contributed by atoms with Gasteiger partial charge in [-0.15, -0.1) is 0 Å². The van der Waals surface area contributed by atoms with Crippen molar-refractivity contribution in [1.29, 1.82) is 0 Å². The number of aryl methyl sites for hydroxylation is 1. The van der Waals surface area contributed by atoms with Crippen LogP contribution < -0.4 is 4.73 Å². The molecule has 1 heterocycles. The summed E-state index contributed by atoms with van der Waals surface area (Å²) in [7, 11) is 0. The summed E-state index contributed by atoms with van der Waals surface area (Å²) >= 11 is 4.10. The summed E-state index contributed by atoms with van der Waals surface area (Å²) in [6.07, 6.45) is 5.11. The highest BCUT2D eigenvalue weighted by Crippen LogP contribution is 2.00. The van der Waals surface area contributed by atoms with Crippen LogP contribution in [0.2, 0.25) is 0 Å². The van der Waals surface area contributed by atoms with Gasteiger partial charge in [0.1, 0.15) is 0 Å². The molecule has 1 rings (SSSR count). The fraction of sp³-hybridized carbons (Fsp3) is 0.375. The van der Waals surface area contributed by atoms with Gasteiger partial charge in [0.25, 0.3) is 0 Å². The van der Waals surface area contributed by atoms with Crippen LogP contribution in [-0.4, -0.2) is 5.75 Å². The minimum atomic E-state index is 0.796. The van der Waals surface area contributed by atoms with E-state index in [1.54, 1.807) is 0 Å². The third kappa shape index (κ3) is 2.80. The summed E-state index contributed by atoms with van der Waals surface area (Å²) in [5.41, 5.74) is 1.20. The zero-order valence-electron chi connectivity index (χ0n) is 6.23. The number of nitrogens with zero attached hydrogens (tertiary/aromatic N) is 1. The number of thiol groups is 1. The molecule has 0 aliphatic heterocycles. The molecule has 0 fully saturated rings. The molecule has 0 N–H and O–H groups in total. The minimum absolute atomic E-state index is 0.796. The Morgan fingerprint density at radius 3 is 2.55 bits per heavy atom. The normalized spacial score (nSPS) is 9.91. The van der Waals surface area contributed by atoms with Gasteiger partial charge in [0, 0.05) is 12.1 Å². The van der Waals surface area contributed by atoms with Gasteiger partial charge in [0.2, 0.25) is 0 Å². The molecule has 2 nitrogen and oxygen atoms in total. The summed E-state index contributed by atoms with van der Waals surface area (Å²) in [5.74, 6) is 0.895. The maximum absolute atomic E-state index is 10.6. The van der Waals surface area contributed by atoms with Crippen molar-refractivity contribution in [2.24, 2.45) is 0 Å². The van der Waals surface area contributed by atoms with Crippen molar-refractivity contribution in [1.82, 2.24) is 0 Å². The highest BCUT2D eigenvalue weighted by atomic mass is 32.1. The number of pyridine rings is 1. The summed E-state index contributed by atoms with van der Waals surface area (Å²) < 4.78 is 0.796. The zero-order valence-corrected chi connectivity index (χ0v) is 7.13. The smallest absolute Gasteiger partial charge is 0.180 e. The second kappa shape index (κ2) is 4.23. The number of hydrogen-bond donors (Lipinski definition) is 1. The van der Waals surface area contributed by atoms with Gasteiger partial charge < -0.3 is 5.21 Å². The van der Waals surface area contributed by atoms with E-state index in [9.17, 15) is 5.21 Å². The molecule has 0 aliphatic rings. The Balaban J connectivity index is 2.52. The molecule has 0 spiro atoms. The Kier molecular flexibility index (Phi) is 3.23. The van der Waals surface area contributed by atoms with Crippen LogP contribution in [0.5, 0.6) is 0 Å². The van der Waals surface area contributed by atoms with Gasteiger partial charge >= 0.3 is 0 Å². The number of hydrogen-bond acceptors (Lipinski definition) is 2. The third-order valence-corrected chi connectivity index (χ3v) is 1.81. The van der Waals surface area contributed by atoms with Crippen LogP contribution in [0.15, 0.2) is 24.5 Å². The fourth-order valence-electron chi connectivity index (χ4n) is 0.893. The quantitative estimate of drug-likeness (QED) is 0.410. The van der Waals surface area contributed by atoms with Crippen LogP contribution in [0.3, 0.4) is 0 Å². The lowest BCUT2D eigenvalue weighted by molar-refractivity contribution is -0.605. The number of aromatic nitrogens is 1. The lowest BCUT2D eigenvalue weighted by Crippen LogP contribution is -2.23. The van der Waals surface area contributed by atoms with Crippen LogP contribution in [-0.2, 0) is 6.42 Å². The van der Waals surface area contributed by atoms with Crippen molar-refractivity contribution in [3.8, 4) is 0 Å². The van der Waals surface area contributed by atoms with Crippen molar-refractivity contribution < 1.29 is 4.73 Å². The van der Waals surface area contributed by atoms with Gasteiger partial charge in [0.05, 0.1) is 0 Å². The minimum Gasteiger partial charge on any atom is -0.619 e. The fourth-order valence-corrected chi connectivity index (χ4v) is 1.05. The van der Waals surface area contributed by atoms with Crippen molar-refractivity contribution in [3.05, 3.63) is 35.3 Å². The molecule has 0 aliphatic carbocycles. The number of rotatable bonds is 3. The van der Waals surface area contributed by atoms with E-state index in [1.165, 1.54) is 18.0 Å². The molecule has 60 valence electrons. The van der Waals surface area contributed by atoms with Crippen molar-refractivity contribution in [3.63, 3.8) is 0 Å². The molecule has 1 aromatic heterocycles. The van der Waals surface area contributed by atoms with E-state index >= 15 is 0 Å². The summed E-state index contributed by atoms with van der Waals surface area (Å²) in [5, 5.41) is 10.6. The molecule has 0 saturated heterocycles. The molecule has 3 heteroatoms. The largest absolute Gasteiger partial charge is 0.619 e. The van der Waals surface area contributed by atoms with Crippen LogP contribution in [0.1, 0.15) is 12.0 Å². The van der Waals surface area contributed by atoms with Gasteiger partial charge in [-0.25, -0.2) is 0 Å². The van der Waals surface area contributed by atoms with Crippen LogP contribution in [0, 0.1) is 5.21 Å². The predicted octanol–water partition coefficient (Wildman–Crippen LogP) is 1.18. The predicted molar refractivity (Wildman–Crippen MR) is 47.6 cm³/mol. The maximum Gasteiger partial charge on any atom is 0.180 e. The molecular weight excluding hydrogens is 158 g/mol. The first-order valence-corrected chi connectivity index (χ1v) is 4.25. The zero-order chi connectivity index (χ0) is 8.10. The third-order valence-electron chi connectivity index (χ3n) is 1.49. The Morgan fingerprint density at radius 2 is 2.00 bits per heavy atom. The highest BCUT2D eigenvalue weighted by molar-refractivity contribution is 7.80. The Labute approximate surface area is 71.9 Å². The topological polar surface area (TPSA) is 26.9 Å². The van der Waals surface area contributed by atoms with E-state index in [4.69, 9.17) is 0 Å². The van der Waals surface area contributed by atoms with E-state index in [0.29, 0.717) is 0 Å². The lowest BCUT2D eigenvalue weighted by Gasteiger charge is -1.98. The molecule has 0 aromatic carbocycles. The van der Waals surface area contributed by atoms with Gasteiger partial charge in [-0.05, 0) is 24.2 Å². The second-order valence-electron chi connectivity index (χ2n) is 2.39. The first kappa shape index (κ1) is 8.40. The van der Waals surface area contributed by atoms with Gasteiger partial charge in [-0.1, -0.05) is 0 Å². The Bertz CT molecular complexity index is 210. The van der Waals surface area contributed by atoms with E-state index in [1.807, 2.05) is 12.1 Å². The standard InChI is InChI=1S/C8H11NOS/c10-9-5-3-8(4-6-9)2-1-7-11/h3-6,11H,1-2,7H2. The molecule has 1 aromatic rings. The van der Waals surface area contributed by atoms with Crippen molar-refractivity contribution >= 4 is 12.6 Å². The lowest BCUT2D eigenvalue weighted by atomic mass is 10.2. The van der Waals surface area contributed by atoms with E-state index in [2.05, 4.69) is 12.6 Å². The molecular formula is C8H11NOS. The van der Waals surface area contributed by atoms with Crippen molar-refractivity contribution in [2.75, 3.05) is 5.75 Å². The first-order chi connectivity index (χ1) is 5.33. The molecule has 0 unspecified atom stereocenters. The molecule has 0 saturated carbocycles. The van der Waals surface area contributed by atoms with Crippen molar-refractivity contribution in [2.45, 2.75) is 12.8 Å². The van der Waals surface area contributed by atoms with E-state index in [-0.39, 0.29) is 0 Å². The van der Waals surface area contributed by atoms with Gasteiger partial charge in [0.15, 0.2) is 12.4 Å². The summed E-state index contributed by atoms with van der Waals surface area (Å²) in [6.45, 7) is 0. The average Bonchev–Trinajstić information content (AvgIpc) is 2.04. The molecule has 11 heavy (non-hydrogen) atoms. The van der Waals surface area contributed by atoms with Gasteiger partial charge in [-0.3, -0.25) is 0 Å². The second-order valence-corrected chi connectivity index (χ2v) is 2.84. The Morgan fingerprint density at radius 1 is 1.36 bits per heavy atom. The molecule has 0 amide bonds. The highest BCUT2D eigenvalue weighted by Gasteiger charge is 1.93. The first-order valence-electron chi connectivity index (χ1n) is 3.61. The Hall–Kier alpha value is -0.700. The van der Waals surface area contributed by atoms with Crippen LogP contribution in [0.4, 0.5) is 0 Å². The average molecular weight is 169 g/mol. The van der Waals surface area contributed by atoms with Crippen LogP contribution >= 0.6 is 12.6 Å². The van der Waals surface area contributed by atoms with Crippen LogP contribution in [0.25, 0.3) is 0 Å². The molecule has 0 bridgehead atoms.